The fourth-order valence-electron chi connectivity index (χ4n) is 1.79. The van der Waals surface area contributed by atoms with Crippen LogP contribution in [0.15, 0.2) is 12.1 Å². The van der Waals surface area contributed by atoms with Crippen molar-refractivity contribution < 1.29 is 9.59 Å². The largest absolute Gasteiger partial charge is 0.311 e. The predicted octanol–water partition coefficient (Wildman–Crippen LogP) is 2.59. The summed E-state index contributed by atoms with van der Waals surface area (Å²) >= 11 is 0. The molecule has 0 fully saturated rings. The maximum absolute atomic E-state index is 11.1. The number of carbonyl (C=O) groups is 2. The molecule has 0 radical (unpaired) electrons. The zero-order chi connectivity index (χ0) is 14.6. The van der Waals surface area contributed by atoms with Crippen LogP contribution in [0, 0.1) is 5.41 Å². The van der Waals surface area contributed by atoms with Gasteiger partial charge in [0.25, 0.3) is 0 Å². The molecule has 0 saturated carbocycles. The second-order valence-electron chi connectivity index (χ2n) is 5.85. The van der Waals surface area contributed by atoms with E-state index < -0.39 is 0 Å². The van der Waals surface area contributed by atoms with E-state index in [1.807, 2.05) is 12.1 Å². The van der Waals surface area contributed by atoms with Gasteiger partial charge in [-0.3, -0.25) is 9.59 Å². The third kappa shape index (κ3) is 5.99. The van der Waals surface area contributed by atoms with Crippen molar-refractivity contribution in [2.75, 3.05) is 10.6 Å². The molecule has 5 heteroatoms. The van der Waals surface area contributed by atoms with Crippen molar-refractivity contribution in [1.82, 2.24) is 4.98 Å². The van der Waals surface area contributed by atoms with E-state index in [4.69, 9.17) is 0 Å². The average Bonchev–Trinajstić information content (AvgIpc) is 2.10. The molecule has 0 aromatic carbocycles. The first-order chi connectivity index (χ1) is 8.65. The van der Waals surface area contributed by atoms with Gasteiger partial charge in [-0.05, 0) is 29.5 Å². The zero-order valence-electron chi connectivity index (χ0n) is 12.1. The van der Waals surface area contributed by atoms with Crippen molar-refractivity contribution in [1.29, 1.82) is 0 Å². The molecule has 0 aliphatic heterocycles. The molecule has 0 bridgehead atoms. The number of carbonyl (C=O) groups excluding carboxylic acids is 2. The van der Waals surface area contributed by atoms with Crippen LogP contribution < -0.4 is 10.6 Å². The summed E-state index contributed by atoms with van der Waals surface area (Å²) in [5.74, 6) is 0.541. The molecule has 5 nitrogen and oxygen atoms in total. The summed E-state index contributed by atoms with van der Waals surface area (Å²) in [5, 5.41) is 5.29. The number of anilines is 2. The van der Waals surface area contributed by atoms with Crippen LogP contribution in [0.4, 0.5) is 11.6 Å². The highest BCUT2D eigenvalue weighted by Gasteiger charge is 2.13. The number of pyridine rings is 1. The van der Waals surface area contributed by atoms with Gasteiger partial charge >= 0.3 is 0 Å². The predicted molar refractivity (Wildman–Crippen MR) is 76.0 cm³/mol. The molecule has 0 atom stereocenters. The van der Waals surface area contributed by atoms with Crippen LogP contribution in [-0.4, -0.2) is 16.8 Å². The fourth-order valence-corrected chi connectivity index (χ4v) is 1.79. The summed E-state index contributed by atoms with van der Waals surface area (Å²) in [6.07, 6.45) is 0.828. The Morgan fingerprint density at radius 2 is 1.47 bits per heavy atom. The summed E-state index contributed by atoms with van der Waals surface area (Å²) in [5.41, 5.74) is 1.14. The lowest BCUT2D eigenvalue weighted by Gasteiger charge is -2.19. The Balaban J connectivity index is 3.08. The van der Waals surface area contributed by atoms with Crippen molar-refractivity contribution in [2.24, 2.45) is 5.41 Å². The van der Waals surface area contributed by atoms with Gasteiger partial charge in [-0.2, -0.15) is 0 Å². The highest BCUT2D eigenvalue weighted by molar-refractivity contribution is 5.90. The van der Waals surface area contributed by atoms with Crippen LogP contribution >= 0.6 is 0 Å². The Bertz CT molecular complexity index is 456. The Labute approximate surface area is 113 Å². The Hall–Kier alpha value is -1.91. The topological polar surface area (TPSA) is 71.1 Å². The van der Waals surface area contributed by atoms with Gasteiger partial charge in [0, 0.05) is 13.8 Å². The zero-order valence-corrected chi connectivity index (χ0v) is 12.1. The van der Waals surface area contributed by atoms with E-state index in [-0.39, 0.29) is 17.2 Å². The highest BCUT2D eigenvalue weighted by atomic mass is 16.2. The van der Waals surface area contributed by atoms with Gasteiger partial charge < -0.3 is 10.6 Å². The number of hydrogen-bond donors (Lipinski definition) is 2. The second-order valence-corrected chi connectivity index (χ2v) is 5.85. The van der Waals surface area contributed by atoms with Gasteiger partial charge in [0.2, 0.25) is 11.8 Å². The second kappa shape index (κ2) is 5.82. The fraction of sp³-hybridized carbons (Fsp3) is 0.500. The Morgan fingerprint density at radius 3 is 1.79 bits per heavy atom. The molecular weight excluding hydrogens is 242 g/mol. The van der Waals surface area contributed by atoms with Crippen LogP contribution in [-0.2, 0) is 16.0 Å². The average molecular weight is 263 g/mol. The molecule has 1 rings (SSSR count). The Kier molecular flexibility index (Phi) is 4.64. The highest BCUT2D eigenvalue weighted by Crippen LogP contribution is 2.24. The summed E-state index contributed by atoms with van der Waals surface area (Å²) in [6, 6.07) is 3.66. The van der Waals surface area contributed by atoms with Crippen LogP contribution in [0.3, 0.4) is 0 Å². The minimum atomic E-state index is -0.186. The van der Waals surface area contributed by atoms with E-state index in [0.717, 1.165) is 12.0 Å². The molecule has 1 heterocycles. The first-order valence-electron chi connectivity index (χ1n) is 6.22. The van der Waals surface area contributed by atoms with E-state index in [9.17, 15) is 9.59 Å². The molecule has 1 aromatic heterocycles. The standard InChI is InChI=1S/C14H21N3O2/c1-9(18)15-12-6-11(8-14(3,4)5)7-13(17-12)16-10(2)19/h6-7H,8H2,1-5H3,(H2,15,16,17,18,19). The van der Waals surface area contributed by atoms with E-state index in [1.54, 1.807) is 0 Å². The number of rotatable bonds is 3. The summed E-state index contributed by atoms with van der Waals surface area (Å²) < 4.78 is 0. The van der Waals surface area contributed by atoms with Crippen molar-refractivity contribution in [2.45, 2.75) is 41.0 Å². The monoisotopic (exact) mass is 263 g/mol. The van der Waals surface area contributed by atoms with E-state index in [1.165, 1.54) is 13.8 Å². The van der Waals surface area contributed by atoms with Crippen LogP contribution in [0.25, 0.3) is 0 Å². The van der Waals surface area contributed by atoms with E-state index in [0.29, 0.717) is 11.6 Å². The lowest BCUT2D eigenvalue weighted by molar-refractivity contribution is -0.115. The lowest BCUT2D eigenvalue weighted by atomic mass is 9.88. The Morgan fingerprint density at radius 1 is 1.05 bits per heavy atom. The number of nitrogens with zero attached hydrogens (tertiary/aromatic N) is 1. The van der Waals surface area contributed by atoms with Crippen molar-refractivity contribution in [3.05, 3.63) is 17.7 Å². The summed E-state index contributed by atoms with van der Waals surface area (Å²) in [6.45, 7) is 9.24. The van der Waals surface area contributed by atoms with Gasteiger partial charge in [0.15, 0.2) is 0 Å². The first kappa shape index (κ1) is 15.1. The molecule has 19 heavy (non-hydrogen) atoms. The molecule has 0 aliphatic rings. The van der Waals surface area contributed by atoms with Gasteiger partial charge in [0.1, 0.15) is 11.6 Å². The number of aromatic nitrogens is 1. The molecule has 2 N–H and O–H groups in total. The van der Waals surface area contributed by atoms with Crippen LogP contribution in [0.5, 0.6) is 0 Å². The molecule has 104 valence electrons. The number of hydrogen-bond acceptors (Lipinski definition) is 3. The first-order valence-corrected chi connectivity index (χ1v) is 6.22. The molecule has 0 unspecified atom stereocenters. The van der Waals surface area contributed by atoms with Gasteiger partial charge in [0.05, 0.1) is 0 Å². The van der Waals surface area contributed by atoms with Gasteiger partial charge in [-0.25, -0.2) is 4.98 Å². The maximum atomic E-state index is 11.1. The molecule has 0 aliphatic carbocycles. The normalized spacial score (nSPS) is 11.0. The molecular formula is C14H21N3O2. The minimum absolute atomic E-state index is 0.113. The minimum Gasteiger partial charge on any atom is -0.311 e. The molecule has 2 amide bonds. The van der Waals surface area contributed by atoms with E-state index >= 15 is 0 Å². The van der Waals surface area contributed by atoms with E-state index in [2.05, 4.69) is 36.4 Å². The SMILES string of the molecule is CC(=O)Nc1cc(CC(C)(C)C)cc(NC(C)=O)n1. The van der Waals surface area contributed by atoms with Gasteiger partial charge in [-0.1, -0.05) is 20.8 Å². The summed E-state index contributed by atoms with van der Waals surface area (Å²) in [7, 11) is 0. The molecule has 0 spiro atoms. The quantitative estimate of drug-likeness (QED) is 0.880. The van der Waals surface area contributed by atoms with Crippen molar-refractivity contribution in [3.8, 4) is 0 Å². The molecule has 1 aromatic rings. The maximum Gasteiger partial charge on any atom is 0.222 e. The van der Waals surface area contributed by atoms with Crippen molar-refractivity contribution in [3.63, 3.8) is 0 Å². The summed E-state index contributed by atoms with van der Waals surface area (Å²) in [4.78, 5) is 26.4. The number of nitrogens with one attached hydrogen (secondary N) is 2. The van der Waals surface area contributed by atoms with Gasteiger partial charge in [-0.15, -0.1) is 0 Å². The smallest absolute Gasteiger partial charge is 0.222 e. The third-order valence-corrected chi connectivity index (χ3v) is 2.23. The number of amides is 2. The van der Waals surface area contributed by atoms with Crippen LogP contribution in [0.2, 0.25) is 0 Å². The van der Waals surface area contributed by atoms with Crippen molar-refractivity contribution >= 4 is 23.5 Å². The van der Waals surface area contributed by atoms with Crippen LogP contribution in [0.1, 0.15) is 40.2 Å². The lowest BCUT2D eigenvalue weighted by Crippen LogP contribution is -2.14. The third-order valence-electron chi connectivity index (χ3n) is 2.23. The molecule has 0 saturated heterocycles.